The molecule has 2 aromatic rings. The molecular weight excluding hydrogens is 288 g/mol. The standard InChI is InChI=1S/2C9H12O.Ca/c2*1-7(2)8-5-3-4-6-9(8)10;/h2*3-7,10H,1-2H3;/q;;+2/p-2. The van der Waals surface area contributed by atoms with Crippen molar-refractivity contribution in [3.8, 4) is 11.5 Å². The Bertz CT molecular complexity index is 487. The molecule has 3 heteroatoms. The van der Waals surface area contributed by atoms with Crippen LogP contribution < -0.4 is 10.2 Å². The fourth-order valence-corrected chi connectivity index (χ4v) is 1.92. The van der Waals surface area contributed by atoms with Gasteiger partial charge in [-0.1, -0.05) is 87.4 Å². The van der Waals surface area contributed by atoms with Gasteiger partial charge in [0.1, 0.15) is 0 Å². The fraction of sp³-hybridized carbons (Fsp3) is 0.333. The molecule has 2 aromatic carbocycles. The first-order valence-electron chi connectivity index (χ1n) is 6.95. The maximum absolute atomic E-state index is 11.1. The first-order chi connectivity index (χ1) is 9.43. The van der Waals surface area contributed by atoms with E-state index >= 15 is 0 Å². The number of rotatable bonds is 2. The van der Waals surface area contributed by atoms with E-state index in [2.05, 4.69) is 0 Å². The monoisotopic (exact) mass is 310 g/mol. The quantitative estimate of drug-likeness (QED) is 0.798. The van der Waals surface area contributed by atoms with Gasteiger partial charge in [0.05, 0.1) is 0 Å². The van der Waals surface area contributed by atoms with Gasteiger partial charge in [0, 0.05) is 0 Å². The van der Waals surface area contributed by atoms with Crippen LogP contribution in [-0.2, 0) is 0 Å². The summed E-state index contributed by atoms with van der Waals surface area (Å²) < 4.78 is 0. The Morgan fingerprint density at radius 2 is 0.905 bits per heavy atom. The van der Waals surface area contributed by atoms with Crippen LogP contribution in [0.25, 0.3) is 0 Å². The minimum absolute atomic E-state index is 0. The van der Waals surface area contributed by atoms with Crippen LogP contribution in [0.4, 0.5) is 0 Å². The molecule has 0 aromatic heterocycles. The summed E-state index contributed by atoms with van der Waals surface area (Å²) >= 11 is 0. The normalized spacial score (nSPS) is 9.81. The molecule has 0 radical (unpaired) electrons. The molecule has 0 aliphatic rings. The van der Waals surface area contributed by atoms with Gasteiger partial charge in [0.2, 0.25) is 0 Å². The third-order valence-corrected chi connectivity index (χ3v) is 3.08. The summed E-state index contributed by atoms with van der Waals surface area (Å²) in [5.41, 5.74) is 1.81. The van der Waals surface area contributed by atoms with E-state index in [-0.39, 0.29) is 49.2 Å². The van der Waals surface area contributed by atoms with Crippen molar-refractivity contribution in [2.24, 2.45) is 0 Å². The average Bonchev–Trinajstić information content (AvgIpc) is 2.40. The molecule has 0 aliphatic carbocycles. The first kappa shape index (κ1) is 20.3. The summed E-state index contributed by atoms with van der Waals surface area (Å²) in [6.45, 7) is 8.10. The molecule has 0 spiro atoms. The minimum Gasteiger partial charge on any atom is -0.872 e. The van der Waals surface area contributed by atoms with E-state index in [1.54, 1.807) is 24.3 Å². The average molecular weight is 310 g/mol. The molecular formula is C18H22CaO2. The van der Waals surface area contributed by atoms with Gasteiger partial charge in [-0.2, -0.15) is 0 Å². The zero-order chi connectivity index (χ0) is 15.1. The van der Waals surface area contributed by atoms with Crippen LogP contribution in [0.5, 0.6) is 11.5 Å². The second-order valence-corrected chi connectivity index (χ2v) is 5.39. The second kappa shape index (κ2) is 10.1. The van der Waals surface area contributed by atoms with Crippen molar-refractivity contribution in [2.45, 2.75) is 39.5 Å². The Balaban J connectivity index is 0.000000364. The number of hydrogen-bond donors (Lipinski definition) is 0. The molecule has 2 rings (SSSR count). The molecule has 0 heterocycles. The summed E-state index contributed by atoms with van der Waals surface area (Å²) in [4.78, 5) is 0. The van der Waals surface area contributed by atoms with Crippen molar-refractivity contribution in [1.29, 1.82) is 0 Å². The minimum atomic E-state index is 0. The van der Waals surface area contributed by atoms with Gasteiger partial charge in [0.25, 0.3) is 0 Å². The summed E-state index contributed by atoms with van der Waals surface area (Å²) in [6, 6.07) is 14.3. The van der Waals surface area contributed by atoms with Crippen molar-refractivity contribution in [3.63, 3.8) is 0 Å². The van der Waals surface area contributed by atoms with Crippen molar-refractivity contribution < 1.29 is 10.2 Å². The molecule has 0 atom stereocenters. The Hall–Kier alpha value is -0.700. The first-order valence-corrected chi connectivity index (χ1v) is 6.95. The van der Waals surface area contributed by atoms with E-state index < -0.39 is 0 Å². The van der Waals surface area contributed by atoms with Crippen molar-refractivity contribution in [2.75, 3.05) is 0 Å². The van der Waals surface area contributed by atoms with Gasteiger partial charge in [-0.3, -0.25) is 0 Å². The fourth-order valence-electron chi connectivity index (χ4n) is 1.92. The van der Waals surface area contributed by atoms with E-state index in [4.69, 9.17) is 0 Å². The van der Waals surface area contributed by atoms with Gasteiger partial charge in [-0.15, -0.1) is 11.5 Å². The Morgan fingerprint density at radius 3 is 1.10 bits per heavy atom. The van der Waals surface area contributed by atoms with E-state index in [1.807, 2.05) is 52.0 Å². The number of hydrogen-bond acceptors (Lipinski definition) is 2. The Kier molecular flexibility index (Phi) is 9.76. The van der Waals surface area contributed by atoms with Crippen molar-refractivity contribution in [1.82, 2.24) is 0 Å². The number of benzene rings is 2. The van der Waals surface area contributed by atoms with Crippen molar-refractivity contribution in [3.05, 3.63) is 59.7 Å². The molecule has 2 nitrogen and oxygen atoms in total. The predicted octanol–water partition coefficient (Wildman–Crippen LogP) is 3.39. The van der Waals surface area contributed by atoms with E-state index in [0.29, 0.717) is 11.8 Å². The number of para-hydroxylation sites is 2. The SMILES string of the molecule is CC(C)c1ccccc1[O-].CC(C)c1ccccc1[O-].[Ca+2]. The van der Waals surface area contributed by atoms with Crippen LogP contribution in [-0.4, -0.2) is 37.7 Å². The van der Waals surface area contributed by atoms with Crippen molar-refractivity contribution >= 4 is 37.7 Å². The maximum Gasteiger partial charge on any atom is 2.00 e. The molecule has 0 amide bonds. The van der Waals surface area contributed by atoms with E-state index in [1.165, 1.54) is 0 Å². The Morgan fingerprint density at radius 1 is 0.619 bits per heavy atom. The summed E-state index contributed by atoms with van der Waals surface area (Å²) in [6.07, 6.45) is 0. The predicted molar refractivity (Wildman–Crippen MR) is 85.7 cm³/mol. The van der Waals surface area contributed by atoms with E-state index in [9.17, 15) is 10.2 Å². The summed E-state index contributed by atoms with van der Waals surface area (Å²) in [5, 5.41) is 22.1. The maximum atomic E-state index is 11.1. The largest absolute Gasteiger partial charge is 2.00 e. The topological polar surface area (TPSA) is 46.1 Å². The van der Waals surface area contributed by atoms with E-state index in [0.717, 1.165) is 11.1 Å². The molecule has 108 valence electrons. The molecule has 0 N–H and O–H groups in total. The van der Waals surface area contributed by atoms with Gasteiger partial charge in [0.15, 0.2) is 0 Å². The molecule has 0 saturated heterocycles. The van der Waals surface area contributed by atoms with Crippen LogP contribution in [0, 0.1) is 0 Å². The van der Waals surface area contributed by atoms with Gasteiger partial charge in [-0.25, -0.2) is 0 Å². The van der Waals surface area contributed by atoms with Crippen LogP contribution in [0.15, 0.2) is 48.5 Å². The summed E-state index contributed by atoms with van der Waals surface area (Å²) in [7, 11) is 0. The molecule has 0 bridgehead atoms. The third-order valence-electron chi connectivity index (χ3n) is 3.08. The van der Waals surface area contributed by atoms with Gasteiger partial charge < -0.3 is 10.2 Å². The van der Waals surface area contributed by atoms with Crippen LogP contribution in [0.3, 0.4) is 0 Å². The molecule has 0 saturated carbocycles. The second-order valence-electron chi connectivity index (χ2n) is 5.39. The molecule has 0 aliphatic heterocycles. The Labute approximate surface area is 157 Å². The van der Waals surface area contributed by atoms with Crippen LogP contribution in [0.1, 0.15) is 50.7 Å². The van der Waals surface area contributed by atoms with Gasteiger partial charge in [-0.05, 0) is 11.8 Å². The molecule has 0 unspecified atom stereocenters. The zero-order valence-corrected chi connectivity index (χ0v) is 15.5. The molecule has 21 heavy (non-hydrogen) atoms. The third kappa shape index (κ3) is 6.73. The molecule has 0 fully saturated rings. The summed E-state index contributed by atoms with van der Waals surface area (Å²) in [5.74, 6) is 0.984. The van der Waals surface area contributed by atoms with Gasteiger partial charge >= 0.3 is 37.7 Å². The van der Waals surface area contributed by atoms with Crippen LogP contribution >= 0.6 is 0 Å². The smallest absolute Gasteiger partial charge is 0.872 e. The van der Waals surface area contributed by atoms with Crippen LogP contribution in [0.2, 0.25) is 0 Å². The zero-order valence-electron chi connectivity index (χ0n) is 13.3.